The Morgan fingerprint density at radius 3 is 2.25 bits per heavy atom. The van der Waals surface area contributed by atoms with E-state index in [0.29, 0.717) is 19.0 Å². The number of morpholine rings is 1. The Labute approximate surface area is 321 Å². The number of carboxylic acids is 1. The van der Waals surface area contributed by atoms with Crippen LogP contribution in [0.3, 0.4) is 0 Å². The molecular formula is C46H45NO8. The van der Waals surface area contributed by atoms with Gasteiger partial charge in [0.1, 0.15) is 30.5 Å². The van der Waals surface area contributed by atoms with Crippen LogP contribution in [0.5, 0.6) is 17.2 Å². The molecule has 1 fully saturated rings. The Morgan fingerprint density at radius 2 is 1.55 bits per heavy atom. The van der Waals surface area contributed by atoms with Crippen LogP contribution >= 0.6 is 0 Å². The smallest absolute Gasteiger partial charge is 0.306 e. The minimum absolute atomic E-state index is 0.0168. The predicted molar refractivity (Wildman–Crippen MR) is 212 cm³/mol. The molecule has 9 heteroatoms. The number of nitrogens with zero attached hydrogens (tertiary/aromatic N) is 1. The summed E-state index contributed by atoms with van der Waals surface area (Å²) in [7, 11) is 1.69. The van der Waals surface area contributed by atoms with E-state index in [9.17, 15) is 9.59 Å². The number of aliphatic carboxylic acids is 1. The number of methoxy groups -OCH3 is 1. The summed E-state index contributed by atoms with van der Waals surface area (Å²) in [5.74, 6) is 0.549. The largest absolute Gasteiger partial charge is 0.497 e. The number of hydrogen-bond acceptors (Lipinski definition) is 8. The molecule has 0 spiro atoms. The number of aryl methyl sites for hydroxylation is 1. The van der Waals surface area contributed by atoms with Gasteiger partial charge in [0, 0.05) is 46.3 Å². The molecule has 0 aromatic heterocycles. The fraction of sp³-hybridized carbons (Fsp3) is 0.304. The molecule has 1 unspecified atom stereocenters. The van der Waals surface area contributed by atoms with Crippen molar-refractivity contribution in [1.82, 2.24) is 0 Å². The first-order valence-electron chi connectivity index (χ1n) is 18.8. The minimum atomic E-state index is -1.04. The van der Waals surface area contributed by atoms with Crippen molar-refractivity contribution in [1.29, 1.82) is 0 Å². The van der Waals surface area contributed by atoms with Crippen molar-refractivity contribution in [2.45, 2.75) is 44.6 Å². The summed E-state index contributed by atoms with van der Waals surface area (Å²) in [4.78, 5) is 25.0. The van der Waals surface area contributed by atoms with E-state index >= 15 is 0 Å². The quantitative estimate of drug-likeness (QED) is 0.106. The normalized spacial score (nSPS) is 17.9. The molecule has 5 aromatic carbocycles. The lowest BCUT2D eigenvalue weighted by atomic mass is 9.76. The summed E-state index contributed by atoms with van der Waals surface area (Å²) in [6, 6.07) is 29.5. The first kappa shape index (κ1) is 36.2. The van der Waals surface area contributed by atoms with Crippen LogP contribution in [-0.2, 0) is 30.1 Å². The standard InChI is InChI=1S/C46H45NO8/c1-29-5-15-36-39(27-29)45(2,3)43-37-19-20-46(30-6-10-32(11-7-30)47-21-23-52-24-22-47,55-44(37)38-28-34(51-4)14-16-35(38)42(36)43)31-8-12-33(13-9-31)53-25-26-54-41(50)18-17-40(48)49/h5-16,19-20,27-28H,17-18,21-26H2,1-4H3,(H,48,49). The van der Waals surface area contributed by atoms with Gasteiger partial charge in [-0.3, -0.25) is 9.59 Å². The second-order valence-electron chi connectivity index (χ2n) is 14.9. The van der Waals surface area contributed by atoms with E-state index in [4.69, 9.17) is 28.8 Å². The van der Waals surface area contributed by atoms with E-state index < -0.39 is 17.5 Å². The lowest BCUT2D eigenvalue weighted by Crippen LogP contribution is -2.37. The van der Waals surface area contributed by atoms with Gasteiger partial charge in [-0.05, 0) is 83.1 Å². The van der Waals surface area contributed by atoms with Crippen LogP contribution in [0.1, 0.15) is 60.1 Å². The highest BCUT2D eigenvalue weighted by molar-refractivity contribution is 6.09. The summed E-state index contributed by atoms with van der Waals surface area (Å²) >= 11 is 0. The number of carboxylic acid groups (broad SMARTS) is 1. The number of fused-ring (bicyclic) bond motifs is 8. The number of benzene rings is 5. The lowest BCUT2D eigenvalue weighted by Gasteiger charge is -2.39. The zero-order valence-electron chi connectivity index (χ0n) is 31.6. The van der Waals surface area contributed by atoms with Gasteiger partial charge in [-0.1, -0.05) is 68.0 Å². The minimum Gasteiger partial charge on any atom is -0.497 e. The molecule has 1 saturated heterocycles. The van der Waals surface area contributed by atoms with Crippen molar-refractivity contribution >= 4 is 34.5 Å². The average molecular weight is 740 g/mol. The molecule has 0 saturated carbocycles. The van der Waals surface area contributed by atoms with Gasteiger partial charge >= 0.3 is 11.9 Å². The highest BCUT2D eigenvalue weighted by Gasteiger charge is 2.44. The summed E-state index contributed by atoms with van der Waals surface area (Å²) in [5.41, 5.74) is 9.10. The van der Waals surface area contributed by atoms with Crippen LogP contribution in [0.2, 0.25) is 0 Å². The molecule has 0 amide bonds. The molecule has 3 aliphatic rings. The van der Waals surface area contributed by atoms with Gasteiger partial charge in [0.05, 0.1) is 33.2 Å². The second kappa shape index (κ2) is 14.5. The van der Waals surface area contributed by atoms with Gasteiger partial charge in [-0.15, -0.1) is 0 Å². The SMILES string of the molecule is COc1ccc2c3c(c4c(c2c1)OC(c1ccc(OCCOC(=O)CCC(=O)O)cc1)(c1ccc(N2CCOCC2)cc1)C=C4)C(C)(C)c1cc(C)ccc1-3. The first-order valence-corrected chi connectivity index (χ1v) is 18.8. The molecule has 2 aliphatic heterocycles. The maximum Gasteiger partial charge on any atom is 0.306 e. The summed E-state index contributed by atoms with van der Waals surface area (Å²) in [5, 5.41) is 10.9. The highest BCUT2D eigenvalue weighted by Crippen LogP contribution is 2.58. The topological polar surface area (TPSA) is 104 Å². The van der Waals surface area contributed by atoms with E-state index in [1.807, 2.05) is 30.3 Å². The van der Waals surface area contributed by atoms with Crippen molar-refractivity contribution in [3.05, 3.63) is 124 Å². The van der Waals surface area contributed by atoms with Crippen LogP contribution in [-0.4, -0.2) is 63.7 Å². The number of ether oxygens (including phenoxy) is 5. The number of carbonyl (C=O) groups excluding carboxylic acids is 1. The molecule has 1 N–H and O–H groups in total. The van der Waals surface area contributed by atoms with Crippen LogP contribution in [0, 0.1) is 6.92 Å². The van der Waals surface area contributed by atoms with Crippen molar-refractivity contribution < 1.29 is 38.4 Å². The fourth-order valence-corrected chi connectivity index (χ4v) is 8.32. The summed E-state index contributed by atoms with van der Waals surface area (Å²) in [6.07, 6.45) is 3.99. The summed E-state index contributed by atoms with van der Waals surface area (Å²) in [6.45, 7) is 10.0. The summed E-state index contributed by atoms with van der Waals surface area (Å²) < 4.78 is 30.0. The maximum absolute atomic E-state index is 11.9. The van der Waals surface area contributed by atoms with Gasteiger partial charge in [-0.2, -0.15) is 0 Å². The van der Waals surface area contributed by atoms with E-state index in [1.165, 1.54) is 27.8 Å². The Bertz CT molecular complexity index is 2300. The molecule has 5 aromatic rings. The monoisotopic (exact) mass is 739 g/mol. The maximum atomic E-state index is 11.9. The zero-order valence-corrected chi connectivity index (χ0v) is 31.6. The number of carbonyl (C=O) groups is 2. The average Bonchev–Trinajstić information content (AvgIpc) is 3.44. The Morgan fingerprint density at radius 1 is 0.836 bits per heavy atom. The fourth-order valence-electron chi connectivity index (χ4n) is 8.32. The van der Waals surface area contributed by atoms with Gasteiger partial charge in [0.2, 0.25) is 0 Å². The second-order valence-corrected chi connectivity index (χ2v) is 14.9. The van der Waals surface area contributed by atoms with Crippen LogP contribution in [0.15, 0.2) is 91.0 Å². The van der Waals surface area contributed by atoms with Crippen molar-refractivity contribution in [2.75, 3.05) is 51.5 Å². The highest BCUT2D eigenvalue weighted by atomic mass is 16.6. The Balaban J connectivity index is 1.21. The third-order valence-electron chi connectivity index (χ3n) is 11.1. The number of esters is 1. The van der Waals surface area contributed by atoms with E-state index in [-0.39, 0.29) is 31.5 Å². The van der Waals surface area contributed by atoms with Crippen LogP contribution < -0.4 is 19.1 Å². The predicted octanol–water partition coefficient (Wildman–Crippen LogP) is 8.44. The molecular weight excluding hydrogens is 695 g/mol. The van der Waals surface area contributed by atoms with Gasteiger partial charge < -0.3 is 33.7 Å². The van der Waals surface area contributed by atoms with Crippen molar-refractivity contribution in [3.63, 3.8) is 0 Å². The van der Waals surface area contributed by atoms with E-state index in [0.717, 1.165) is 57.7 Å². The first-order chi connectivity index (χ1) is 26.6. The molecule has 0 bridgehead atoms. The zero-order chi connectivity index (χ0) is 38.3. The molecule has 2 heterocycles. The molecule has 282 valence electrons. The van der Waals surface area contributed by atoms with Crippen molar-refractivity contribution in [2.24, 2.45) is 0 Å². The van der Waals surface area contributed by atoms with Gasteiger partial charge in [0.15, 0.2) is 5.60 Å². The molecule has 55 heavy (non-hydrogen) atoms. The third-order valence-corrected chi connectivity index (χ3v) is 11.1. The Kier molecular flexibility index (Phi) is 9.51. The molecule has 1 aliphatic carbocycles. The van der Waals surface area contributed by atoms with Gasteiger partial charge in [0.25, 0.3) is 0 Å². The molecule has 9 nitrogen and oxygen atoms in total. The molecule has 0 radical (unpaired) electrons. The van der Waals surface area contributed by atoms with Gasteiger partial charge in [-0.25, -0.2) is 0 Å². The molecule has 1 atom stereocenters. The molecule has 8 rings (SSSR count). The van der Waals surface area contributed by atoms with Crippen LogP contribution in [0.25, 0.3) is 28.0 Å². The number of anilines is 1. The Hall–Kier alpha value is -5.80. The van der Waals surface area contributed by atoms with E-state index in [2.05, 4.69) is 92.4 Å². The van der Waals surface area contributed by atoms with E-state index in [1.54, 1.807) is 7.11 Å². The van der Waals surface area contributed by atoms with Crippen molar-refractivity contribution in [3.8, 4) is 28.4 Å². The van der Waals surface area contributed by atoms with Crippen LogP contribution in [0.4, 0.5) is 5.69 Å². The number of hydrogen-bond donors (Lipinski definition) is 1. The number of rotatable bonds is 11. The third kappa shape index (κ3) is 6.56. The lowest BCUT2D eigenvalue weighted by molar-refractivity contribution is -0.148.